The van der Waals surface area contributed by atoms with Gasteiger partial charge in [-0.15, -0.1) is 0 Å². The van der Waals surface area contributed by atoms with Crippen molar-refractivity contribution in [1.82, 2.24) is 24.6 Å². The number of nitrogens with zero attached hydrogens (tertiary/aromatic N) is 5. The molecule has 5 rings (SSSR count). The first-order chi connectivity index (χ1) is 17.9. The molecule has 0 bridgehead atoms. The molecule has 1 aromatic carbocycles. The van der Waals surface area contributed by atoms with Crippen molar-refractivity contribution in [2.24, 2.45) is 0 Å². The van der Waals surface area contributed by atoms with Gasteiger partial charge in [-0.2, -0.15) is 5.10 Å². The predicted octanol–water partition coefficient (Wildman–Crippen LogP) is 4.01. The monoisotopic (exact) mass is 519 g/mol. The Hall–Kier alpha value is -4.09. The van der Waals surface area contributed by atoms with Gasteiger partial charge >= 0.3 is 6.16 Å². The van der Waals surface area contributed by atoms with E-state index in [-0.39, 0.29) is 23.3 Å². The molecule has 0 amide bonds. The quantitative estimate of drug-likeness (QED) is 0.361. The van der Waals surface area contributed by atoms with Gasteiger partial charge in [-0.1, -0.05) is 29.5 Å². The smallest absolute Gasteiger partial charge is 0.487 e. The van der Waals surface area contributed by atoms with Gasteiger partial charge in [0.25, 0.3) is 5.56 Å². The van der Waals surface area contributed by atoms with Crippen molar-refractivity contribution < 1.29 is 19.4 Å². The minimum absolute atomic E-state index is 0.181. The highest BCUT2D eigenvalue weighted by Crippen LogP contribution is 2.31. The van der Waals surface area contributed by atoms with E-state index in [1.54, 1.807) is 30.6 Å². The van der Waals surface area contributed by atoms with Crippen molar-refractivity contribution in [2.45, 2.75) is 25.5 Å². The molecular weight excluding hydrogens is 494 g/mol. The summed E-state index contributed by atoms with van der Waals surface area (Å²) >= 11 is 1.14. The lowest BCUT2D eigenvalue weighted by Gasteiger charge is -2.29. The summed E-state index contributed by atoms with van der Waals surface area (Å²) < 4.78 is 12.1. The average molecular weight is 520 g/mol. The second-order valence-corrected chi connectivity index (χ2v) is 9.81. The standard InChI is InChI=1S/C26H25N5O5S/c1-30-11-9-19(10-12-30)35-20-14-27-25(28-15-20)18-4-2-3-17(13-18)16-31-23(32)7-5-21(29-31)22-6-8-24(37-22)36-26(33)34/h2-8,13-15,19H,9-12,16H2,1H3,(H,33,34). The van der Waals surface area contributed by atoms with Crippen LogP contribution in [0.2, 0.25) is 0 Å². The summed E-state index contributed by atoms with van der Waals surface area (Å²) in [5.41, 5.74) is 1.98. The van der Waals surface area contributed by atoms with Gasteiger partial charge in [-0.25, -0.2) is 19.4 Å². The Morgan fingerprint density at radius 3 is 2.65 bits per heavy atom. The minimum atomic E-state index is -1.38. The fourth-order valence-corrected chi connectivity index (χ4v) is 4.91. The number of piperidine rings is 1. The van der Waals surface area contributed by atoms with Crippen LogP contribution in [0.5, 0.6) is 10.8 Å². The molecule has 0 radical (unpaired) electrons. The summed E-state index contributed by atoms with van der Waals surface area (Å²) in [6.07, 6.45) is 4.17. The third kappa shape index (κ3) is 6.19. The third-order valence-electron chi connectivity index (χ3n) is 6.00. The van der Waals surface area contributed by atoms with Crippen LogP contribution in [0, 0.1) is 0 Å². The van der Waals surface area contributed by atoms with E-state index in [1.165, 1.54) is 10.7 Å². The molecular formula is C26H25N5O5S. The number of carbonyl (C=O) groups is 1. The topological polar surface area (TPSA) is 120 Å². The molecule has 0 aliphatic carbocycles. The summed E-state index contributed by atoms with van der Waals surface area (Å²) in [5, 5.41) is 13.5. The number of aromatic nitrogens is 4. The average Bonchev–Trinajstić information content (AvgIpc) is 3.35. The Kier molecular flexibility index (Phi) is 7.24. The van der Waals surface area contributed by atoms with Crippen LogP contribution in [-0.2, 0) is 6.54 Å². The van der Waals surface area contributed by atoms with Gasteiger partial charge in [0.05, 0.1) is 23.8 Å². The van der Waals surface area contributed by atoms with E-state index in [4.69, 9.17) is 9.84 Å². The lowest BCUT2D eigenvalue weighted by Crippen LogP contribution is -2.35. The SMILES string of the molecule is CN1CCC(Oc2cnc(-c3cccc(Cn4nc(-c5ccc(OC(=O)O)s5)ccc4=O)c3)nc2)CC1. The van der Waals surface area contributed by atoms with Gasteiger partial charge in [0.1, 0.15) is 11.8 Å². The van der Waals surface area contributed by atoms with Gasteiger partial charge in [-0.3, -0.25) is 4.79 Å². The molecule has 0 atom stereocenters. The van der Waals surface area contributed by atoms with Crippen LogP contribution in [-0.4, -0.2) is 62.2 Å². The molecule has 0 saturated carbocycles. The molecule has 37 heavy (non-hydrogen) atoms. The van der Waals surface area contributed by atoms with Crippen molar-refractivity contribution in [2.75, 3.05) is 20.1 Å². The van der Waals surface area contributed by atoms with Crippen molar-refractivity contribution in [3.8, 4) is 32.8 Å². The molecule has 1 N–H and O–H groups in total. The number of hydrogen-bond acceptors (Lipinski definition) is 9. The van der Waals surface area contributed by atoms with E-state index in [0.717, 1.165) is 48.4 Å². The van der Waals surface area contributed by atoms with Gasteiger partial charge in [-0.05, 0) is 49.7 Å². The molecule has 4 heterocycles. The van der Waals surface area contributed by atoms with Crippen LogP contribution in [0.1, 0.15) is 18.4 Å². The van der Waals surface area contributed by atoms with E-state index < -0.39 is 6.16 Å². The number of likely N-dealkylation sites (tertiary alicyclic amines) is 1. The first-order valence-corrected chi connectivity index (χ1v) is 12.6. The van der Waals surface area contributed by atoms with Crippen molar-refractivity contribution in [3.05, 3.63) is 76.8 Å². The summed E-state index contributed by atoms with van der Waals surface area (Å²) in [6.45, 7) is 2.29. The zero-order valence-electron chi connectivity index (χ0n) is 20.1. The molecule has 11 heteroatoms. The first kappa shape index (κ1) is 24.6. The number of thiophene rings is 1. The molecule has 4 aromatic rings. The molecule has 0 spiro atoms. The summed E-state index contributed by atoms with van der Waals surface area (Å²) in [4.78, 5) is 35.2. The molecule has 1 fully saturated rings. The number of carboxylic acid groups (broad SMARTS) is 1. The maximum absolute atomic E-state index is 12.5. The van der Waals surface area contributed by atoms with Crippen molar-refractivity contribution in [1.29, 1.82) is 0 Å². The highest BCUT2D eigenvalue weighted by Gasteiger charge is 2.18. The molecule has 1 aliphatic heterocycles. The maximum atomic E-state index is 12.5. The van der Waals surface area contributed by atoms with E-state index >= 15 is 0 Å². The number of ether oxygens (including phenoxy) is 2. The largest absolute Gasteiger partial charge is 0.512 e. The highest BCUT2D eigenvalue weighted by molar-refractivity contribution is 7.17. The van der Waals surface area contributed by atoms with Crippen LogP contribution in [0.4, 0.5) is 4.79 Å². The van der Waals surface area contributed by atoms with Gasteiger partial charge in [0.15, 0.2) is 16.6 Å². The Morgan fingerprint density at radius 2 is 1.89 bits per heavy atom. The Balaban J connectivity index is 1.29. The molecule has 190 valence electrons. The fourth-order valence-electron chi connectivity index (χ4n) is 4.10. The zero-order valence-corrected chi connectivity index (χ0v) is 20.9. The fraction of sp³-hybridized carbons (Fsp3) is 0.269. The lowest BCUT2D eigenvalue weighted by molar-refractivity contribution is 0.113. The second-order valence-electron chi connectivity index (χ2n) is 8.76. The third-order valence-corrected chi connectivity index (χ3v) is 6.99. The van der Waals surface area contributed by atoms with E-state index in [9.17, 15) is 9.59 Å². The molecule has 3 aromatic heterocycles. The van der Waals surface area contributed by atoms with Gasteiger partial charge in [0, 0.05) is 24.7 Å². The van der Waals surface area contributed by atoms with Crippen LogP contribution < -0.4 is 15.0 Å². The first-order valence-electron chi connectivity index (χ1n) is 11.8. The van der Waals surface area contributed by atoms with E-state index in [2.05, 4.69) is 31.8 Å². The molecule has 1 saturated heterocycles. The van der Waals surface area contributed by atoms with E-state index in [0.29, 0.717) is 22.1 Å². The predicted molar refractivity (Wildman–Crippen MR) is 138 cm³/mol. The zero-order chi connectivity index (χ0) is 25.8. The minimum Gasteiger partial charge on any atom is -0.487 e. The molecule has 1 aliphatic rings. The van der Waals surface area contributed by atoms with Crippen LogP contribution in [0.3, 0.4) is 0 Å². The van der Waals surface area contributed by atoms with Gasteiger partial charge in [0.2, 0.25) is 0 Å². The van der Waals surface area contributed by atoms with Crippen LogP contribution in [0.15, 0.2) is 65.7 Å². The Labute approximate surface area is 216 Å². The van der Waals surface area contributed by atoms with Gasteiger partial charge < -0.3 is 19.5 Å². The summed E-state index contributed by atoms with van der Waals surface area (Å²) in [7, 11) is 2.12. The molecule has 0 unspecified atom stereocenters. The molecule has 10 nitrogen and oxygen atoms in total. The number of hydrogen-bond donors (Lipinski definition) is 1. The van der Waals surface area contributed by atoms with Crippen molar-refractivity contribution in [3.63, 3.8) is 0 Å². The number of benzene rings is 1. The Morgan fingerprint density at radius 1 is 1.11 bits per heavy atom. The highest BCUT2D eigenvalue weighted by atomic mass is 32.1. The summed E-state index contributed by atoms with van der Waals surface area (Å²) in [5.74, 6) is 1.23. The summed E-state index contributed by atoms with van der Waals surface area (Å²) in [6, 6.07) is 13.9. The van der Waals surface area contributed by atoms with Crippen LogP contribution in [0.25, 0.3) is 22.0 Å². The van der Waals surface area contributed by atoms with Crippen LogP contribution >= 0.6 is 11.3 Å². The van der Waals surface area contributed by atoms with Crippen molar-refractivity contribution >= 4 is 17.5 Å². The van der Waals surface area contributed by atoms with E-state index in [1.807, 2.05) is 24.3 Å². The second kappa shape index (κ2) is 10.9. The maximum Gasteiger partial charge on any atom is 0.512 e. The lowest BCUT2D eigenvalue weighted by atomic mass is 10.1. The Bertz CT molecular complexity index is 1440. The number of rotatable bonds is 7. The normalized spacial score (nSPS) is 14.4.